The van der Waals surface area contributed by atoms with Gasteiger partial charge in [-0.25, -0.2) is 0 Å². The molecule has 4 nitrogen and oxygen atoms in total. The monoisotopic (exact) mass is 303 g/mol. The van der Waals surface area contributed by atoms with Crippen molar-refractivity contribution in [2.75, 3.05) is 37.6 Å². The van der Waals surface area contributed by atoms with E-state index in [1.54, 1.807) is 0 Å². The molecular formula is C18H29N3O. The summed E-state index contributed by atoms with van der Waals surface area (Å²) in [5.41, 5.74) is 2.53. The van der Waals surface area contributed by atoms with Gasteiger partial charge in [0.25, 0.3) is 0 Å². The van der Waals surface area contributed by atoms with E-state index in [4.69, 9.17) is 0 Å². The summed E-state index contributed by atoms with van der Waals surface area (Å²) in [5, 5.41) is 3.11. The Labute approximate surface area is 134 Å². The van der Waals surface area contributed by atoms with Crippen LogP contribution in [0.1, 0.15) is 32.8 Å². The molecule has 4 heteroatoms. The molecule has 1 aliphatic rings. The van der Waals surface area contributed by atoms with E-state index in [0.29, 0.717) is 6.54 Å². The largest absolute Gasteiger partial charge is 0.369 e. The van der Waals surface area contributed by atoms with Gasteiger partial charge in [-0.3, -0.25) is 9.69 Å². The number of anilines is 1. The van der Waals surface area contributed by atoms with E-state index in [-0.39, 0.29) is 11.4 Å². The molecule has 1 N–H and O–H groups in total. The summed E-state index contributed by atoms with van der Waals surface area (Å²) in [6.07, 6.45) is 0.944. The fraction of sp³-hybridized carbons (Fsp3) is 0.611. The first-order chi connectivity index (χ1) is 10.4. The molecule has 0 spiro atoms. The number of carbonyl (C=O) groups excluding carboxylic acids is 1. The average Bonchev–Trinajstić information content (AvgIpc) is 2.48. The van der Waals surface area contributed by atoms with Crippen molar-refractivity contribution in [3.8, 4) is 0 Å². The van der Waals surface area contributed by atoms with Gasteiger partial charge in [0.2, 0.25) is 5.91 Å². The predicted octanol–water partition coefficient (Wildman–Crippen LogP) is 2.42. The van der Waals surface area contributed by atoms with E-state index in [9.17, 15) is 4.79 Å². The van der Waals surface area contributed by atoms with Gasteiger partial charge < -0.3 is 10.2 Å². The summed E-state index contributed by atoms with van der Waals surface area (Å²) in [5.74, 6) is 0.135. The summed E-state index contributed by atoms with van der Waals surface area (Å²) < 4.78 is 0. The molecule has 1 fully saturated rings. The Morgan fingerprint density at radius 2 is 1.82 bits per heavy atom. The number of nitrogens with one attached hydrogen (secondary N) is 1. The third-order valence-corrected chi connectivity index (χ3v) is 4.56. The molecule has 2 rings (SSSR count). The van der Waals surface area contributed by atoms with Crippen LogP contribution in [0, 0.1) is 6.92 Å². The molecule has 0 unspecified atom stereocenters. The summed E-state index contributed by atoms with van der Waals surface area (Å²) >= 11 is 0. The molecule has 0 atom stereocenters. The number of rotatable bonds is 5. The second-order valence-corrected chi connectivity index (χ2v) is 6.84. The summed E-state index contributed by atoms with van der Waals surface area (Å²) in [6, 6.07) is 8.51. The first kappa shape index (κ1) is 16.8. The molecule has 0 aliphatic carbocycles. The van der Waals surface area contributed by atoms with Gasteiger partial charge in [0.05, 0.1) is 6.54 Å². The molecule has 1 heterocycles. The van der Waals surface area contributed by atoms with Crippen LogP contribution in [0.2, 0.25) is 0 Å². The Balaban J connectivity index is 1.83. The van der Waals surface area contributed by atoms with Crippen LogP contribution >= 0.6 is 0 Å². The maximum absolute atomic E-state index is 12.1. The minimum Gasteiger partial charge on any atom is -0.369 e. The second kappa shape index (κ2) is 7.14. The second-order valence-electron chi connectivity index (χ2n) is 6.84. The number of carbonyl (C=O) groups is 1. The van der Waals surface area contributed by atoms with Crippen molar-refractivity contribution in [3.63, 3.8) is 0 Å². The molecule has 0 bridgehead atoms. The molecule has 0 saturated carbocycles. The zero-order valence-corrected chi connectivity index (χ0v) is 14.4. The number of hydrogen-bond acceptors (Lipinski definition) is 3. The number of nitrogens with zero attached hydrogens (tertiary/aromatic N) is 2. The maximum atomic E-state index is 12.1. The Morgan fingerprint density at radius 1 is 1.18 bits per heavy atom. The molecule has 1 saturated heterocycles. The molecule has 122 valence electrons. The van der Waals surface area contributed by atoms with Gasteiger partial charge in [-0.2, -0.15) is 0 Å². The van der Waals surface area contributed by atoms with Crippen LogP contribution in [0.5, 0.6) is 0 Å². The summed E-state index contributed by atoms with van der Waals surface area (Å²) in [4.78, 5) is 16.8. The minimum atomic E-state index is -0.111. The highest BCUT2D eigenvalue weighted by Gasteiger charge is 2.22. The fourth-order valence-corrected chi connectivity index (χ4v) is 2.77. The van der Waals surface area contributed by atoms with Crippen LogP contribution in [0.4, 0.5) is 5.69 Å². The van der Waals surface area contributed by atoms with Crippen molar-refractivity contribution >= 4 is 11.6 Å². The lowest BCUT2D eigenvalue weighted by Gasteiger charge is -2.37. The summed E-state index contributed by atoms with van der Waals surface area (Å²) in [6.45, 7) is 12.7. The number of amides is 1. The van der Waals surface area contributed by atoms with Crippen molar-refractivity contribution in [1.29, 1.82) is 0 Å². The fourth-order valence-electron chi connectivity index (χ4n) is 2.77. The predicted molar refractivity (Wildman–Crippen MR) is 92.3 cm³/mol. The van der Waals surface area contributed by atoms with E-state index in [2.05, 4.69) is 67.1 Å². The van der Waals surface area contributed by atoms with Gasteiger partial charge in [0.1, 0.15) is 0 Å². The van der Waals surface area contributed by atoms with Crippen LogP contribution in [-0.2, 0) is 4.79 Å². The summed E-state index contributed by atoms with van der Waals surface area (Å²) in [7, 11) is 0. The van der Waals surface area contributed by atoms with Gasteiger partial charge >= 0.3 is 0 Å². The number of hydrogen-bond donors (Lipinski definition) is 1. The number of para-hydroxylation sites is 1. The first-order valence-electron chi connectivity index (χ1n) is 8.25. The third kappa shape index (κ3) is 4.47. The van der Waals surface area contributed by atoms with Crippen LogP contribution in [0.15, 0.2) is 24.3 Å². The third-order valence-electron chi connectivity index (χ3n) is 4.56. The van der Waals surface area contributed by atoms with Crippen LogP contribution in [0.3, 0.4) is 0 Å². The number of aryl methyl sites for hydroxylation is 1. The Bertz CT molecular complexity index is 505. The van der Waals surface area contributed by atoms with Crippen molar-refractivity contribution in [2.24, 2.45) is 0 Å². The van der Waals surface area contributed by atoms with Gasteiger partial charge in [0, 0.05) is 37.4 Å². The number of benzene rings is 1. The Kier molecular flexibility index (Phi) is 5.46. The highest BCUT2D eigenvalue weighted by Crippen LogP contribution is 2.20. The van der Waals surface area contributed by atoms with Crippen LogP contribution < -0.4 is 10.2 Å². The minimum absolute atomic E-state index is 0.111. The van der Waals surface area contributed by atoms with Crippen molar-refractivity contribution in [2.45, 2.75) is 39.7 Å². The molecule has 0 radical (unpaired) electrons. The first-order valence-corrected chi connectivity index (χ1v) is 8.25. The Morgan fingerprint density at radius 3 is 2.41 bits per heavy atom. The van der Waals surface area contributed by atoms with E-state index >= 15 is 0 Å². The standard InChI is InChI=1S/C18H29N3O/c1-5-18(3,4)19-17(22)14-20-10-12-21(13-11-20)16-9-7-6-8-15(16)2/h6-9H,5,10-14H2,1-4H3,(H,19,22). The maximum Gasteiger partial charge on any atom is 0.234 e. The highest BCUT2D eigenvalue weighted by molar-refractivity contribution is 5.78. The molecule has 1 aromatic rings. The molecule has 1 amide bonds. The van der Waals surface area contributed by atoms with Crippen LogP contribution in [0.25, 0.3) is 0 Å². The lowest BCUT2D eigenvalue weighted by Crippen LogP contribution is -2.52. The highest BCUT2D eigenvalue weighted by atomic mass is 16.2. The zero-order chi connectivity index (χ0) is 16.2. The lowest BCUT2D eigenvalue weighted by atomic mass is 10.0. The molecule has 1 aromatic carbocycles. The smallest absolute Gasteiger partial charge is 0.234 e. The van der Waals surface area contributed by atoms with Gasteiger partial charge in [-0.1, -0.05) is 25.1 Å². The average molecular weight is 303 g/mol. The SMILES string of the molecule is CCC(C)(C)NC(=O)CN1CCN(c2ccccc2C)CC1. The molecule has 1 aliphatic heterocycles. The lowest BCUT2D eigenvalue weighted by molar-refractivity contribution is -0.123. The molecule has 22 heavy (non-hydrogen) atoms. The molecular weight excluding hydrogens is 274 g/mol. The van der Waals surface area contributed by atoms with Crippen molar-refractivity contribution < 1.29 is 4.79 Å². The van der Waals surface area contributed by atoms with E-state index < -0.39 is 0 Å². The van der Waals surface area contributed by atoms with Crippen molar-refractivity contribution in [3.05, 3.63) is 29.8 Å². The molecule has 0 aromatic heterocycles. The van der Waals surface area contributed by atoms with Crippen LogP contribution in [-0.4, -0.2) is 49.1 Å². The van der Waals surface area contributed by atoms with Gasteiger partial charge in [-0.05, 0) is 38.8 Å². The van der Waals surface area contributed by atoms with E-state index in [1.165, 1.54) is 11.3 Å². The van der Waals surface area contributed by atoms with E-state index in [0.717, 1.165) is 32.6 Å². The normalized spacial score (nSPS) is 16.6. The van der Waals surface area contributed by atoms with Gasteiger partial charge in [-0.15, -0.1) is 0 Å². The topological polar surface area (TPSA) is 35.6 Å². The van der Waals surface area contributed by atoms with Gasteiger partial charge in [0.15, 0.2) is 0 Å². The zero-order valence-electron chi connectivity index (χ0n) is 14.4. The quantitative estimate of drug-likeness (QED) is 0.907. The van der Waals surface area contributed by atoms with Crippen molar-refractivity contribution in [1.82, 2.24) is 10.2 Å². The Hall–Kier alpha value is -1.55. The number of piperazine rings is 1. The van der Waals surface area contributed by atoms with E-state index in [1.807, 2.05) is 0 Å².